The molecule has 35 heavy (non-hydrogen) atoms. The maximum atomic E-state index is 12.2. The Bertz CT molecular complexity index is 1210. The van der Waals surface area contributed by atoms with Gasteiger partial charge in [-0.2, -0.15) is 0 Å². The number of nitrogens with one attached hydrogen (secondary N) is 1. The molecule has 0 spiro atoms. The number of anilines is 2. The number of aryl methyl sites for hydroxylation is 1. The predicted octanol–water partition coefficient (Wildman–Crippen LogP) is 5.26. The van der Waals surface area contributed by atoms with Gasteiger partial charge in [-0.25, -0.2) is 9.97 Å². The van der Waals surface area contributed by atoms with Crippen LogP contribution in [0.2, 0.25) is 5.02 Å². The summed E-state index contributed by atoms with van der Waals surface area (Å²) in [6, 6.07) is 16.2. The second-order valence-corrected chi connectivity index (χ2v) is 10.5. The zero-order valence-electron chi connectivity index (χ0n) is 20.1. The zero-order valence-corrected chi connectivity index (χ0v) is 21.7. The summed E-state index contributed by atoms with van der Waals surface area (Å²) in [6.07, 6.45) is 2.19. The van der Waals surface area contributed by atoms with Crippen LogP contribution in [0.4, 0.5) is 11.5 Å². The molecule has 5 rings (SSSR count). The van der Waals surface area contributed by atoms with E-state index in [0.29, 0.717) is 11.6 Å². The molecule has 3 aromatic rings. The molecule has 2 aliphatic rings. The fourth-order valence-electron chi connectivity index (χ4n) is 4.22. The van der Waals surface area contributed by atoms with Crippen molar-refractivity contribution in [3.63, 3.8) is 0 Å². The number of piperazine rings is 1. The van der Waals surface area contributed by atoms with Crippen LogP contribution < -0.4 is 15.1 Å². The molecule has 1 aliphatic carbocycles. The fourth-order valence-corrected chi connectivity index (χ4v) is 5.32. The number of thioether (sulfide) groups is 1. The topological polar surface area (TPSA) is 61.4 Å². The monoisotopic (exact) mass is 507 g/mol. The third-order valence-electron chi connectivity index (χ3n) is 6.61. The van der Waals surface area contributed by atoms with Crippen LogP contribution in [0, 0.1) is 13.8 Å². The van der Waals surface area contributed by atoms with E-state index in [1.165, 1.54) is 0 Å². The number of benzene rings is 2. The van der Waals surface area contributed by atoms with Gasteiger partial charge in [0, 0.05) is 54.8 Å². The predicted molar refractivity (Wildman–Crippen MR) is 144 cm³/mol. The molecule has 0 atom stereocenters. The average Bonchev–Trinajstić information content (AvgIpc) is 3.69. The van der Waals surface area contributed by atoms with Crippen molar-refractivity contribution < 1.29 is 4.79 Å². The van der Waals surface area contributed by atoms with E-state index in [0.717, 1.165) is 83.3 Å². The highest BCUT2D eigenvalue weighted by Gasteiger charge is 2.24. The van der Waals surface area contributed by atoms with E-state index in [9.17, 15) is 4.79 Å². The minimum Gasteiger partial charge on any atom is -0.367 e. The molecule has 1 aliphatic heterocycles. The van der Waals surface area contributed by atoms with Crippen LogP contribution in [0.25, 0.3) is 0 Å². The molecule has 182 valence electrons. The summed E-state index contributed by atoms with van der Waals surface area (Å²) in [6.45, 7) is 7.72. The first-order chi connectivity index (χ1) is 17.0. The highest BCUT2D eigenvalue weighted by molar-refractivity contribution is 7.98. The van der Waals surface area contributed by atoms with Crippen molar-refractivity contribution in [2.45, 2.75) is 43.6 Å². The Morgan fingerprint density at radius 1 is 1.00 bits per heavy atom. The smallest absolute Gasteiger partial charge is 0.251 e. The first kappa shape index (κ1) is 23.9. The molecule has 2 heterocycles. The molecule has 1 saturated heterocycles. The number of rotatable bonds is 7. The van der Waals surface area contributed by atoms with Gasteiger partial charge in [0.25, 0.3) is 5.91 Å². The van der Waals surface area contributed by atoms with Crippen LogP contribution in [-0.2, 0) is 5.75 Å². The van der Waals surface area contributed by atoms with Gasteiger partial charge in [-0.05, 0) is 56.5 Å². The molecule has 1 N–H and O–H groups in total. The molecule has 2 aromatic carbocycles. The maximum Gasteiger partial charge on any atom is 0.251 e. The summed E-state index contributed by atoms with van der Waals surface area (Å²) in [7, 11) is 0. The lowest BCUT2D eigenvalue weighted by Crippen LogP contribution is -2.47. The standard InChI is InChI=1S/C27H30ClN5OS/c1-18-19(2)29-27(35-17-20-7-9-21(10-8-20)26(34)30-22-11-12-22)31-25(18)33-15-13-32(14-16-33)24-6-4-3-5-23(24)28/h3-10,22H,11-17H2,1-2H3,(H,30,34). The number of amides is 1. The summed E-state index contributed by atoms with van der Waals surface area (Å²) in [5, 5.41) is 4.61. The minimum atomic E-state index is 0.0171. The van der Waals surface area contributed by atoms with Gasteiger partial charge >= 0.3 is 0 Å². The number of nitrogens with zero attached hydrogens (tertiary/aromatic N) is 4. The number of carbonyl (C=O) groups excluding carboxylic acids is 1. The maximum absolute atomic E-state index is 12.2. The second-order valence-electron chi connectivity index (χ2n) is 9.20. The molecule has 1 saturated carbocycles. The largest absolute Gasteiger partial charge is 0.367 e. The summed E-state index contributed by atoms with van der Waals surface area (Å²) in [5.41, 5.74) is 5.10. The van der Waals surface area contributed by atoms with Crippen LogP contribution in [0.15, 0.2) is 53.7 Å². The van der Waals surface area contributed by atoms with E-state index in [1.54, 1.807) is 11.8 Å². The number of hydrogen-bond acceptors (Lipinski definition) is 6. The van der Waals surface area contributed by atoms with Crippen LogP contribution in [0.1, 0.15) is 40.0 Å². The number of carbonyl (C=O) groups is 1. The van der Waals surface area contributed by atoms with Crippen molar-refractivity contribution >= 4 is 40.8 Å². The van der Waals surface area contributed by atoms with Crippen molar-refractivity contribution in [2.75, 3.05) is 36.0 Å². The first-order valence-electron chi connectivity index (χ1n) is 12.1. The van der Waals surface area contributed by atoms with Gasteiger partial charge in [0.15, 0.2) is 5.16 Å². The van der Waals surface area contributed by atoms with E-state index in [2.05, 4.69) is 35.0 Å². The molecule has 6 nitrogen and oxygen atoms in total. The normalized spacial score (nSPS) is 15.9. The van der Waals surface area contributed by atoms with Crippen LogP contribution >= 0.6 is 23.4 Å². The molecule has 2 fully saturated rings. The van der Waals surface area contributed by atoms with E-state index in [-0.39, 0.29) is 5.91 Å². The van der Waals surface area contributed by atoms with E-state index in [4.69, 9.17) is 21.6 Å². The highest BCUT2D eigenvalue weighted by atomic mass is 35.5. The first-order valence-corrected chi connectivity index (χ1v) is 13.5. The van der Waals surface area contributed by atoms with Crippen molar-refractivity contribution in [1.29, 1.82) is 0 Å². The second kappa shape index (κ2) is 10.5. The van der Waals surface area contributed by atoms with Crippen molar-refractivity contribution in [3.05, 3.63) is 75.9 Å². The summed E-state index contributed by atoms with van der Waals surface area (Å²) >= 11 is 8.04. The van der Waals surface area contributed by atoms with Crippen molar-refractivity contribution in [1.82, 2.24) is 15.3 Å². The van der Waals surface area contributed by atoms with E-state index >= 15 is 0 Å². The summed E-state index contributed by atoms with van der Waals surface area (Å²) in [5.74, 6) is 1.79. The quantitative estimate of drug-likeness (QED) is 0.348. The Hall–Kier alpha value is -2.77. The van der Waals surface area contributed by atoms with Gasteiger partial charge in [0.1, 0.15) is 5.82 Å². The number of para-hydroxylation sites is 1. The van der Waals surface area contributed by atoms with E-state index < -0.39 is 0 Å². The van der Waals surface area contributed by atoms with Gasteiger partial charge < -0.3 is 15.1 Å². The fraction of sp³-hybridized carbons (Fsp3) is 0.370. The van der Waals surface area contributed by atoms with Gasteiger partial charge in [-0.1, -0.05) is 47.6 Å². The Morgan fingerprint density at radius 2 is 1.69 bits per heavy atom. The molecular weight excluding hydrogens is 478 g/mol. The third kappa shape index (κ3) is 5.73. The number of aromatic nitrogens is 2. The number of halogens is 1. The SMILES string of the molecule is Cc1nc(SCc2ccc(C(=O)NC3CC3)cc2)nc(N2CCN(c3ccccc3Cl)CC2)c1C. The lowest BCUT2D eigenvalue weighted by Gasteiger charge is -2.37. The minimum absolute atomic E-state index is 0.0171. The number of hydrogen-bond donors (Lipinski definition) is 1. The molecule has 8 heteroatoms. The van der Waals surface area contributed by atoms with Gasteiger partial charge in [-0.3, -0.25) is 4.79 Å². The molecule has 1 aromatic heterocycles. The Balaban J connectivity index is 1.22. The van der Waals surface area contributed by atoms with Crippen LogP contribution in [0.3, 0.4) is 0 Å². The van der Waals surface area contributed by atoms with Crippen molar-refractivity contribution in [3.8, 4) is 0 Å². The Labute approximate surface area is 216 Å². The van der Waals surface area contributed by atoms with Crippen LogP contribution in [0.5, 0.6) is 0 Å². The summed E-state index contributed by atoms with van der Waals surface area (Å²) in [4.78, 5) is 26.6. The van der Waals surface area contributed by atoms with Gasteiger partial charge in [0.2, 0.25) is 0 Å². The van der Waals surface area contributed by atoms with Crippen molar-refractivity contribution in [2.24, 2.45) is 0 Å². The molecule has 1 amide bonds. The third-order valence-corrected chi connectivity index (χ3v) is 7.85. The van der Waals surface area contributed by atoms with Gasteiger partial charge in [-0.15, -0.1) is 0 Å². The molecule has 0 bridgehead atoms. The lowest BCUT2D eigenvalue weighted by molar-refractivity contribution is 0.0951. The van der Waals surface area contributed by atoms with E-state index in [1.807, 2.05) is 42.5 Å². The molecule has 0 radical (unpaired) electrons. The molecule has 0 unspecified atom stereocenters. The molecular formula is C27H30ClN5OS. The van der Waals surface area contributed by atoms with Crippen LogP contribution in [-0.4, -0.2) is 48.1 Å². The Morgan fingerprint density at radius 3 is 2.37 bits per heavy atom. The lowest BCUT2D eigenvalue weighted by atomic mass is 10.1. The highest BCUT2D eigenvalue weighted by Crippen LogP contribution is 2.30. The average molecular weight is 508 g/mol. The summed E-state index contributed by atoms with van der Waals surface area (Å²) < 4.78 is 0. The zero-order chi connectivity index (χ0) is 24.4. The Kier molecular flexibility index (Phi) is 7.16. The van der Waals surface area contributed by atoms with Gasteiger partial charge in [0.05, 0.1) is 10.7 Å².